The quantitative estimate of drug-likeness (QED) is 0.931. The Balaban J connectivity index is 2.68. The normalized spacial score (nSPS) is 11.6. The van der Waals surface area contributed by atoms with Gasteiger partial charge >= 0.3 is 6.18 Å². The average molecular weight is 271 g/mol. The second-order valence-corrected chi connectivity index (χ2v) is 3.81. The molecule has 102 valence electrons. The van der Waals surface area contributed by atoms with Crippen LogP contribution in [0, 0.1) is 0 Å². The van der Waals surface area contributed by atoms with Gasteiger partial charge in [0.25, 0.3) is 0 Å². The van der Waals surface area contributed by atoms with Crippen LogP contribution in [-0.2, 0) is 6.18 Å². The fourth-order valence-corrected chi connectivity index (χ4v) is 1.66. The van der Waals surface area contributed by atoms with Crippen LogP contribution < -0.4 is 10.1 Å². The molecule has 19 heavy (non-hydrogen) atoms. The van der Waals surface area contributed by atoms with E-state index < -0.39 is 12.0 Å². The molecule has 0 unspecified atom stereocenters. The van der Waals surface area contributed by atoms with E-state index in [9.17, 15) is 13.2 Å². The van der Waals surface area contributed by atoms with Crippen LogP contribution in [0.4, 0.5) is 19.0 Å². The molecule has 1 heterocycles. The highest BCUT2D eigenvalue weighted by Gasteiger charge is 2.35. The summed E-state index contributed by atoms with van der Waals surface area (Å²) >= 11 is 0. The Bertz CT molecular complexity index is 599. The summed E-state index contributed by atoms with van der Waals surface area (Å²) in [7, 11) is 1.49. The lowest BCUT2D eigenvalue weighted by Crippen LogP contribution is -2.13. The molecular formula is C12H12F3N3O. The predicted molar refractivity (Wildman–Crippen MR) is 65.3 cm³/mol. The van der Waals surface area contributed by atoms with Gasteiger partial charge in [0.15, 0.2) is 0 Å². The number of nitrogens with one attached hydrogen (secondary N) is 1. The molecule has 2 rings (SSSR count). The number of benzene rings is 1. The number of alkyl halides is 3. The fraction of sp³-hybridized carbons (Fsp3) is 0.333. The fourth-order valence-electron chi connectivity index (χ4n) is 1.66. The van der Waals surface area contributed by atoms with E-state index in [0.717, 1.165) is 0 Å². The first-order valence-corrected chi connectivity index (χ1v) is 5.62. The molecule has 7 heteroatoms. The molecule has 0 fully saturated rings. The van der Waals surface area contributed by atoms with Crippen LogP contribution in [0.2, 0.25) is 0 Å². The summed E-state index contributed by atoms with van der Waals surface area (Å²) in [4.78, 5) is 7.07. The third-order valence-electron chi connectivity index (χ3n) is 2.50. The van der Waals surface area contributed by atoms with Crippen molar-refractivity contribution in [2.45, 2.75) is 13.1 Å². The highest BCUT2D eigenvalue weighted by atomic mass is 19.4. The lowest BCUT2D eigenvalue weighted by molar-refractivity contribution is -0.144. The molecular weight excluding hydrogens is 259 g/mol. The Labute approximate surface area is 107 Å². The smallest absolute Gasteiger partial charge is 0.451 e. The summed E-state index contributed by atoms with van der Waals surface area (Å²) < 4.78 is 43.2. The number of aromatic nitrogens is 2. The van der Waals surface area contributed by atoms with Crippen molar-refractivity contribution in [3.63, 3.8) is 0 Å². The second-order valence-electron chi connectivity index (χ2n) is 3.81. The zero-order valence-electron chi connectivity index (χ0n) is 10.4. The Kier molecular flexibility index (Phi) is 3.46. The maximum Gasteiger partial charge on any atom is 0.451 e. The van der Waals surface area contributed by atoms with Crippen molar-refractivity contribution in [2.24, 2.45) is 0 Å². The molecule has 1 N–H and O–H groups in total. The SMILES string of the molecule is CCNc1nc(C(F)(F)F)nc2ccc(OC)cc12. The first-order valence-electron chi connectivity index (χ1n) is 5.62. The van der Waals surface area contributed by atoms with Gasteiger partial charge in [0, 0.05) is 11.9 Å². The van der Waals surface area contributed by atoms with Crippen molar-refractivity contribution < 1.29 is 17.9 Å². The molecule has 0 amide bonds. The molecule has 4 nitrogen and oxygen atoms in total. The Morgan fingerprint density at radius 1 is 1.26 bits per heavy atom. The van der Waals surface area contributed by atoms with Gasteiger partial charge in [-0.05, 0) is 25.1 Å². The van der Waals surface area contributed by atoms with Gasteiger partial charge in [-0.1, -0.05) is 0 Å². The van der Waals surface area contributed by atoms with Crippen molar-refractivity contribution in [3.05, 3.63) is 24.0 Å². The van der Waals surface area contributed by atoms with Crippen LogP contribution in [-0.4, -0.2) is 23.6 Å². The second kappa shape index (κ2) is 4.91. The van der Waals surface area contributed by atoms with Crippen LogP contribution >= 0.6 is 0 Å². The Morgan fingerprint density at radius 2 is 2.00 bits per heavy atom. The maximum atomic E-state index is 12.7. The van der Waals surface area contributed by atoms with E-state index >= 15 is 0 Å². The van der Waals surface area contributed by atoms with Gasteiger partial charge in [-0.3, -0.25) is 0 Å². The van der Waals surface area contributed by atoms with E-state index in [0.29, 0.717) is 17.7 Å². The molecule has 0 saturated carbocycles. The highest BCUT2D eigenvalue weighted by molar-refractivity contribution is 5.90. The van der Waals surface area contributed by atoms with Gasteiger partial charge in [-0.2, -0.15) is 13.2 Å². The minimum atomic E-state index is -4.57. The molecule has 0 aliphatic heterocycles. The van der Waals surface area contributed by atoms with E-state index in [4.69, 9.17) is 4.74 Å². The molecule has 0 spiro atoms. The molecule has 0 bridgehead atoms. The maximum absolute atomic E-state index is 12.7. The van der Waals surface area contributed by atoms with E-state index in [2.05, 4.69) is 15.3 Å². The average Bonchev–Trinajstić information content (AvgIpc) is 2.37. The zero-order valence-corrected chi connectivity index (χ0v) is 10.4. The summed E-state index contributed by atoms with van der Waals surface area (Å²) in [6, 6.07) is 4.64. The summed E-state index contributed by atoms with van der Waals surface area (Å²) in [5, 5.41) is 3.30. The molecule has 0 aliphatic rings. The standard InChI is InChI=1S/C12H12F3N3O/c1-3-16-10-8-6-7(19-2)4-5-9(8)17-11(18-10)12(13,14)15/h4-6H,3H2,1-2H3,(H,16,17,18). The Hall–Kier alpha value is -2.05. The van der Waals surface area contributed by atoms with E-state index in [-0.39, 0.29) is 11.3 Å². The number of anilines is 1. The van der Waals surface area contributed by atoms with Crippen LogP contribution in [0.25, 0.3) is 10.9 Å². The minimum Gasteiger partial charge on any atom is -0.497 e. The molecule has 0 saturated heterocycles. The number of methoxy groups -OCH3 is 1. The monoisotopic (exact) mass is 271 g/mol. The van der Waals surface area contributed by atoms with Crippen LogP contribution in [0.15, 0.2) is 18.2 Å². The molecule has 0 atom stereocenters. The van der Waals surface area contributed by atoms with E-state index in [1.54, 1.807) is 19.1 Å². The largest absolute Gasteiger partial charge is 0.497 e. The highest BCUT2D eigenvalue weighted by Crippen LogP contribution is 2.31. The summed E-state index contributed by atoms with van der Waals surface area (Å²) in [6.07, 6.45) is -4.57. The van der Waals surface area contributed by atoms with Gasteiger partial charge < -0.3 is 10.1 Å². The number of ether oxygens (including phenoxy) is 1. The molecule has 1 aromatic heterocycles. The van der Waals surface area contributed by atoms with Crippen molar-refractivity contribution in [1.29, 1.82) is 0 Å². The number of hydrogen-bond acceptors (Lipinski definition) is 4. The van der Waals surface area contributed by atoms with Crippen LogP contribution in [0.5, 0.6) is 5.75 Å². The van der Waals surface area contributed by atoms with Crippen molar-refractivity contribution >= 4 is 16.7 Å². The van der Waals surface area contributed by atoms with Gasteiger partial charge in [0.05, 0.1) is 12.6 Å². The van der Waals surface area contributed by atoms with E-state index in [1.165, 1.54) is 13.2 Å². The minimum absolute atomic E-state index is 0.152. The van der Waals surface area contributed by atoms with Gasteiger partial charge in [0.1, 0.15) is 11.6 Å². The lowest BCUT2D eigenvalue weighted by Gasteiger charge is -2.12. The van der Waals surface area contributed by atoms with Gasteiger partial charge in [0.2, 0.25) is 5.82 Å². The number of hydrogen-bond donors (Lipinski definition) is 1. The van der Waals surface area contributed by atoms with Crippen molar-refractivity contribution in [1.82, 2.24) is 9.97 Å². The number of rotatable bonds is 3. The van der Waals surface area contributed by atoms with Gasteiger partial charge in [-0.25, -0.2) is 9.97 Å². The zero-order chi connectivity index (χ0) is 14.0. The number of fused-ring (bicyclic) bond motifs is 1. The number of halogens is 3. The molecule has 0 aliphatic carbocycles. The lowest BCUT2D eigenvalue weighted by atomic mass is 10.2. The third-order valence-corrected chi connectivity index (χ3v) is 2.50. The summed E-state index contributed by atoms with van der Waals surface area (Å²) in [5.74, 6) is -0.463. The summed E-state index contributed by atoms with van der Waals surface area (Å²) in [5.41, 5.74) is 0.221. The van der Waals surface area contributed by atoms with Crippen LogP contribution in [0.3, 0.4) is 0 Å². The first kappa shape index (κ1) is 13.4. The Morgan fingerprint density at radius 3 is 2.58 bits per heavy atom. The predicted octanol–water partition coefficient (Wildman–Crippen LogP) is 3.09. The van der Waals surface area contributed by atoms with Crippen molar-refractivity contribution in [2.75, 3.05) is 19.0 Å². The topological polar surface area (TPSA) is 47.0 Å². The van der Waals surface area contributed by atoms with Crippen molar-refractivity contribution in [3.8, 4) is 5.75 Å². The first-order chi connectivity index (χ1) is 8.95. The van der Waals surface area contributed by atoms with E-state index in [1.807, 2.05) is 0 Å². The summed E-state index contributed by atoms with van der Waals surface area (Å²) in [6.45, 7) is 2.24. The number of nitrogens with zero attached hydrogens (tertiary/aromatic N) is 2. The van der Waals surface area contributed by atoms with Gasteiger partial charge in [-0.15, -0.1) is 0 Å². The molecule has 1 aromatic carbocycles. The third kappa shape index (κ3) is 2.69. The van der Waals surface area contributed by atoms with Crippen LogP contribution in [0.1, 0.15) is 12.7 Å². The molecule has 2 aromatic rings. The molecule has 0 radical (unpaired) electrons.